The maximum Gasteiger partial charge on any atom is 0.169 e. The highest BCUT2D eigenvalue weighted by Gasteiger charge is 2.15. The Bertz CT molecular complexity index is 721. The highest BCUT2D eigenvalue weighted by molar-refractivity contribution is 9.09. The first-order valence-electron chi connectivity index (χ1n) is 11.3. The average Bonchev–Trinajstić information content (AvgIpc) is 2.78. The van der Waals surface area contributed by atoms with Crippen molar-refractivity contribution in [2.24, 2.45) is 0 Å². The normalized spacial score (nSPS) is 11.0. The Morgan fingerprint density at radius 1 is 0.633 bits per heavy atom. The van der Waals surface area contributed by atoms with Gasteiger partial charge in [-0.15, -0.1) is 0 Å². The zero-order valence-corrected chi connectivity index (χ0v) is 21.4. The lowest BCUT2D eigenvalue weighted by atomic mass is 10.1. The number of fused-ring (bicyclic) bond motifs is 1. The van der Waals surface area contributed by atoms with E-state index in [4.69, 9.17) is 14.2 Å². The van der Waals surface area contributed by atoms with E-state index in [0.29, 0.717) is 6.61 Å². The first kappa shape index (κ1) is 25.3. The third-order valence-electron chi connectivity index (χ3n) is 5.20. The second kappa shape index (κ2) is 15.8. The van der Waals surface area contributed by atoms with Gasteiger partial charge >= 0.3 is 0 Å². The van der Waals surface area contributed by atoms with Gasteiger partial charge in [-0.2, -0.15) is 0 Å². The van der Waals surface area contributed by atoms with Crippen LogP contribution < -0.4 is 14.2 Å². The van der Waals surface area contributed by atoms with Crippen molar-refractivity contribution in [2.45, 2.75) is 64.2 Å². The zero-order chi connectivity index (χ0) is 21.4. The molecule has 0 fully saturated rings. The van der Waals surface area contributed by atoms with E-state index in [1.807, 2.05) is 12.1 Å². The lowest BCUT2D eigenvalue weighted by Crippen LogP contribution is -2.03. The highest BCUT2D eigenvalue weighted by Crippen LogP contribution is 2.41. The summed E-state index contributed by atoms with van der Waals surface area (Å²) >= 11 is 6.98. The SMILES string of the molecule is COc1cc(OCCCCCCCBr)c2ccccc2c1OCCCCCCCBr. The molecule has 0 amide bonds. The van der Waals surface area contributed by atoms with Crippen LogP contribution in [-0.2, 0) is 0 Å². The van der Waals surface area contributed by atoms with Crippen molar-refractivity contribution in [1.82, 2.24) is 0 Å². The number of ether oxygens (including phenoxy) is 3. The third kappa shape index (κ3) is 8.66. The summed E-state index contributed by atoms with van der Waals surface area (Å²) < 4.78 is 18.0. The van der Waals surface area contributed by atoms with Crippen LogP contribution in [0.4, 0.5) is 0 Å². The van der Waals surface area contributed by atoms with Crippen LogP contribution >= 0.6 is 31.9 Å². The lowest BCUT2D eigenvalue weighted by molar-refractivity contribution is 0.283. The molecule has 0 aliphatic heterocycles. The second-order valence-electron chi connectivity index (χ2n) is 7.56. The summed E-state index contributed by atoms with van der Waals surface area (Å²) in [5, 5.41) is 4.34. The van der Waals surface area contributed by atoms with Crippen LogP contribution in [0.5, 0.6) is 17.2 Å². The molecule has 0 saturated carbocycles. The molecule has 2 aromatic rings. The van der Waals surface area contributed by atoms with Crippen molar-refractivity contribution in [3.63, 3.8) is 0 Å². The first-order chi connectivity index (χ1) is 14.8. The van der Waals surface area contributed by atoms with Gasteiger partial charge in [-0.3, -0.25) is 0 Å². The zero-order valence-electron chi connectivity index (χ0n) is 18.3. The fraction of sp³-hybridized carbons (Fsp3) is 0.600. The number of benzene rings is 2. The van der Waals surface area contributed by atoms with Crippen molar-refractivity contribution in [3.05, 3.63) is 30.3 Å². The molecule has 0 unspecified atom stereocenters. The minimum Gasteiger partial charge on any atom is -0.493 e. The summed E-state index contributed by atoms with van der Waals surface area (Å²) in [5.41, 5.74) is 0. The Labute approximate surface area is 199 Å². The minimum absolute atomic E-state index is 0.712. The van der Waals surface area contributed by atoms with Gasteiger partial charge in [0.1, 0.15) is 5.75 Å². The molecular formula is C25H36Br2O3. The molecular weight excluding hydrogens is 508 g/mol. The number of rotatable bonds is 17. The van der Waals surface area contributed by atoms with Gasteiger partial charge in [-0.25, -0.2) is 0 Å². The van der Waals surface area contributed by atoms with Crippen LogP contribution in [0, 0.1) is 0 Å². The molecule has 0 aromatic heterocycles. The monoisotopic (exact) mass is 542 g/mol. The quantitative estimate of drug-likeness (QED) is 0.148. The van der Waals surface area contributed by atoms with E-state index in [2.05, 4.69) is 50.1 Å². The summed E-state index contributed by atoms with van der Waals surface area (Å²) in [4.78, 5) is 0. The molecule has 3 nitrogen and oxygen atoms in total. The number of alkyl halides is 2. The van der Waals surface area contributed by atoms with E-state index >= 15 is 0 Å². The van der Waals surface area contributed by atoms with Crippen molar-refractivity contribution >= 4 is 42.6 Å². The van der Waals surface area contributed by atoms with Crippen molar-refractivity contribution in [3.8, 4) is 17.2 Å². The lowest BCUT2D eigenvalue weighted by Gasteiger charge is -2.17. The van der Waals surface area contributed by atoms with Gasteiger partial charge in [0.2, 0.25) is 0 Å². The first-order valence-corrected chi connectivity index (χ1v) is 13.5. The van der Waals surface area contributed by atoms with Crippen LogP contribution in [0.25, 0.3) is 10.8 Å². The van der Waals surface area contributed by atoms with Gasteiger partial charge in [-0.1, -0.05) is 94.7 Å². The number of hydrogen-bond donors (Lipinski definition) is 0. The Morgan fingerprint density at radius 2 is 1.17 bits per heavy atom. The Morgan fingerprint density at radius 3 is 1.77 bits per heavy atom. The van der Waals surface area contributed by atoms with Crippen LogP contribution in [0.2, 0.25) is 0 Å². The number of halogens is 2. The molecule has 5 heteroatoms. The maximum atomic E-state index is 6.19. The Balaban J connectivity index is 1.96. The van der Waals surface area contributed by atoms with Crippen molar-refractivity contribution in [1.29, 1.82) is 0 Å². The van der Waals surface area contributed by atoms with Crippen molar-refractivity contribution < 1.29 is 14.2 Å². The maximum absolute atomic E-state index is 6.19. The molecule has 0 saturated heterocycles. The minimum atomic E-state index is 0.712. The summed E-state index contributed by atoms with van der Waals surface area (Å²) in [6.45, 7) is 1.44. The summed E-state index contributed by atoms with van der Waals surface area (Å²) in [6.07, 6.45) is 12.1. The van der Waals surface area contributed by atoms with Gasteiger partial charge in [-0.05, 0) is 25.7 Å². The predicted octanol–water partition coefficient (Wildman–Crippen LogP) is 8.30. The Hall–Kier alpha value is -0.940. The second-order valence-corrected chi connectivity index (χ2v) is 9.15. The van der Waals surface area contributed by atoms with Gasteiger partial charge in [0.05, 0.1) is 20.3 Å². The molecule has 30 heavy (non-hydrogen) atoms. The molecule has 0 atom stereocenters. The molecule has 0 radical (unpaired) electrons. The largest absolute Gasteiger partial charge is 0.493 e. The molecule has 2 aromatic carbocycles. The number of hydrogen-bond acceptors (Lipinski definition) is 3. The third-order valence-corrected chi connectivity index (χ3v) is 6.32. The summed E-state index contributed by atoms with van der Waals surface area (Å²) in [7, 11) is 1.70. The molecule has 0 bridgehead atoms. The van der Waals surface area contributed by atoms with Gasteiger partial charge in [0.15, 0.2) is 11.5 Å². The van der Waals surface area contributed by atoms with Crippen LogP contribution in [0.1, 0.15) is 64.2 Å². The van der Waals surface area contributed by atoms with Crippen molar-refractivity contribution in [2.75, 3.05) is 31.0 Å². The van der Waals surface area contributed by atoms with Crippen LogP contribution in [-0.4, -0.2) is 31.0 Å². The van der Waals surface area contributed by atoms with E-state index in [0.717, 1.165) is 58.1 Å². The molecule has 2 rings (SSSR count). The van der Waals surface area contributed by atoms with E-state index < -0.39 is 0 Å². The molecule has 0 aliphatic rings. The fourth-order valence-corrected chi connectivity index (χ4v) is 4.31. The molecule has 168 valence electrons. The standard InChI is InChI=1S/C25H36Br2O3/c1-28-24-20-23(29-18-12-6-2-4-10-16-26)21-14-8-9-15-22(21)25(24)30-19-13-7-3-5-11-17-27/h8-9,14-15,20H,2-7,10-13,16-19H2,1H3. The van der Waals surface area contributed by atoms with Gasteiger partial charge < -0.3 is 14.2 Å². The van der Waals surface area contributed by atoms with Gasteiger partial charge in [0.25, 0.3) is 0 Å². The number of methoxy groups -OCH3 is 1. The summed E-state index contributed by atoms with van der Waals surface area (Å²) in [6, 6.07) is 10.3. The van der Waals surface area contributed by atoms with Gasteiger partial charge in [0, 0.05) is 27.5 Å². The fourth-order valence-electron chi connectivity index (χ4n) is 3.52. The van der Waals surface area contributed by atoms with Crippen LogP contribution in [0.3, 0.4) is 0 Å². The predicted molar refractivity (Wildman–Crippen MR) is 135 cm³/mol. The number of unbranched alkanes of at least 4 members (excludes halogenated alkanes) is 8. The van der Waals surface area contributed by atoms with E-state index in [1.54, 1.807) is 7.11 Å². The van der Waals surface area contributed by atoms with E-state index in [-0.39, 0.29) is 0 Å². The average molecular weight is 544 g/mol. The summed E-state index contributed by atoms with van der Waals surface area (Å²) in [5.74, 6) is 2.46. The van der Waals surface area contributed by atoms with E-state index in [1.165, 1.54) is 51.4 Å². The molecule has 0 heterocycles. The molecule has 0 N–H and O–H groups in total. The Kier molecular flexibility index (Phi) is 13.3. The van der Waals surface area contributed by atoms with Crippen LogP contribution in [0.15, 0.2) is 30.3 Å². The molecule has 0 spiro atoms. The highest BCUT2D eigenvalue weighted by atomic mass is 79.9. The molecule has 0 aliphatic carbocycles. The smallest absolute Gasteiger partial charge is 0.169 e. The topological polar surface area (TPSA) is 27.7 Å². The van der Waals surface area contributed by atoms with E-state index in [9.17, 15) is 0 Å².